The quantitative estimate of drug-likeness (QED) is 0.251. The lowest BCUT2D eigenvalue weighted by Crippen LogP contribution is -2.40. The zero-order valence-corrected chi connectivity index (χ0v) is 26.6. The Morgan fingerprint density at radius 2 is 1.20 bits per heavy atom. The Hall–Kier alpha value is -1.36. The molecular weight excluding hydrogens is 474 g/mol. The first-order valence-corrected chi connectivity index (χ1v) is 18.4. The summed E-state index contributed by atoms with van der Waals surface area (Å²) in [6.07, 6.45) is -0.443. The van der Waals surface area contributed by atoms with Gasteiger partial charge in [-0.3, -0.25) is 0 Å². The number of ether oxygens (including phenoxy) is 2. The Morgan fingerprint density at radius 3 is 1.57 bits per heavy atom. The van der Waals surface area contributed by atoms with Gasteiger partial charge in [0.2, 0.25) is 0 Å². The summed E-state index contributed by atoms with van der Waals surface area (Å²) in [6, 6.07) is 6.21. The van der Waals surface area contributed by atoms with Gasteiger partial charge >= 0.3 is 6.09 Å². The van der Waals surface area contributed by atoms with Crippen molar-refractivity contribution in [2.24, 2.45) is 0 Å². The summed E-state index contributed by atoms with van der Waals surface area (Å²) in [6.45, 7) is 29.8. The number of hydrogen-bond acceptors (Lipinski definition) is 5. The number of carbonyl (C=O) groups is 1. The van der Waals surface area contributed by atoms with Crippen LogP contribution in [0.1, 0.15) is 73.4 Å². The van der Waals surface area contributed by atoms with Gasteiger partial charge in [0.1, 0.15) is 18.0 Å². The van der Waals surface area contributed by atoms with Crippen LogP contribution in [0, 0.1) is 0 Å². The highest BCUT2D eigenvalue weighted by atomic mass is 28.4. The van der Waals surface area contributed by atoms with Gasteiger partial charge < -0.3 is 23.6 Å². The van der Waals surface area contributed by atoms with Gasteiger partial charge in [-0.15, -0.1) is 0 Å². The van der Waals surface area contributed by atoms with Crippen molar-refractivity contribution in [2.45, 2.75) is 117 Å². The number of amides is 1. The first kappa shape index (κ1) is 31.7. The van der Waals surface area contributed by atoms with E-state index in [1.807, 2.05) is 32.9 Å². The molecule has 0 saturated heterocycles. The average molecular weight is 526 g/mol. The van der Waals surface area contributed by atoms with Crippen LogP contribution in [-0.4, -0.2) is 41.5 Å². The van der Waals surface area contributed by atoms with Crippen molar-refractivity contribution in [3.8, 4) is 5.75 Å². The van der Waals surface area contributed by atoms with Crippen molar-refractivity contribution in [2.75, 3.05) is 13.2 Å². The molecule has 0 atom stereocenters. The fourth-order valence-corrected chi connectivity index (χ4v) is 4.50. The van der Waals surface area contributed by atoms with Gasteiger partial charge in [-0.25, -0.2) is 4.79 Å². The van der Waals surface area contributed by atoms with Gasteiger partial charge in [0, 0.05) is 0 Å². The molecule has 1 N–H and O–H groups in total. The van der Waals surface area contributed by atoms with E-state index in [-0.39, 0.29) is 10.1 Å². The van der Waals surface area contributed by atoms with Crippen molar-refractivity contribution in [1.29, 1.82) is 0 Å². The lowest BCUT2D eigenvalue weighted by atomic mass is 10.1. The predicted molar refractivity (Wildman–Crippen MR) is 150 cm³/mol. The molecule has 0 aliphatic carbocycles. The summed E-state index contributed by atoms with van der Waals surface area (Å²) in [5.41, 5.74) is 1.62. The first-order chi connectivity index (χ1) is 15.6. The molecule has 0 aromatic heterocycles. The van der Waals surface area contributed by atoms with Crippen LogP contribution in [0.15, 0.2) is 18.2 Å². The van der Waals surface area contributed by atoms with Crippen LogP contribution in [0.5, 0.6) is 5.75 Å². The molecule has 1 aromatic carbocycles. The standard InChI is InChI=1S/C27H51NO5Si2/c1-25(2,3)33-24(29)28-14-15-30-23-17-21(19-31-34(10,11)26(4,5)6)16-22(18-23)20-32-35(12,13)27(7,8)9/h16-18H,14-15,19-20H2,1-13H3,(H,28,29). The van der Waals surface area contributed by atoms with E-state index in [9.17, 15) is 4.79 Å². The lowest BCUT2D eigenvalue weighted by Gasteiger charge is -2.36. The molecule has 1 amide bonds. The Balaban J connectivity index is 2.95. The zero-order valence-electron chi connectivity index (χ0n) is 24.6. The van der Waals surface area contributed by atoms with E-state index in [1.54, 1.807) is 0 Å². The van der Waals surface area contributed by atoms with E-state index >= 15 is 0 Å². The molecule has 0 saturated carbocycles. The molecule has 0 aliphatic rings. The van der Waals surface area contributed by atoms with Crippen LogP contribution in [0.3, 0.4) is 0 Å². The molecule has 35 heavy (non-hydrogen) atoms. The van der Waals surface area contributed by atoms with Gasteiger partial charge in [0.05, 0.1) is 19.8 Å². The molecule has 0 bridgehead atoms. The van der Waals surface area contributed by atoms with Gasteiger partial charge in [-0.05, 0) is 80.3 Å². The van der Waals surface area contributed by atoms with Crippen LogP contribution < -0.4 is 10.1 Å². The van der Waals surface area contributed by atoms with Gasteiger partial charge in [-0.1, -0.05) is 47.6 Å². The van der Waals surface area contributed by atoms with Crippen LogP contribution in [0.4, 0.5) is 4.79 Å². The number of carbonyl (C=O) groups excluding carboxylic acids is 1. The van der Waals surface area contributed by atoms with Crippen LogP contribution in [0.2, 0.25) is 36.3 Å². The van der Waals surface area contributed by atoms with E-state index in [0.717, 1.165) is 16.9 Å². The number of hydrogen-bond donors (Lipinski definition) is 1. The van der Waals surface area contributed by atoms with Gasteiger partial charge in [0.15, 0.2) is 16.6 Å². The second-order valence-corrected chi connectivity index (χ2v) is 23.0. The largest absolute Gasteiger partial charge is 0.492 e. The van der Waals surface area contributed by atoms with E-state index in [2.05, 4.69) is 79.1 Å². The molecule has 1 rings (SSSR count). The van der Waals surface area contributed by atoms with E-state index in [1.165, 1.54) is 0 Å². The van der Waals surface area contributed by atoms with Gasteiger partial charge in [-0.2, -0.15) is 0 Å². The van der Waals surface area contributed by atoms with Crippen molar-refractivity contribution in [1.82, 2.24) is 5.32 Å². The fourth-order valence-electron chi connectivity index (χ4n) is 2.58. The highest BCUT2D eigenvalue weighted by Crippen LogP contribution is 2.38. The summed E-state index contributed by atoms with van der Waals surface area (Å²) in [5, 5.41) is 3.02. The monoisotopic (exact) mass is 525 g/mol. The van der Waals surface area contributed by atoms with Crippen molar-refractivity contribution < 1.29 is 23.1 Å². The zero-order chi connectivity index (χ0) is 27.3. The van der Waals surface area contributed by atoms with Gasteiger partial charge in [0.25, 0.3) is 0 Å². The summed E-state index contributed by atoms with van der Waals surface area (Å²) >= 11 is 0. The number of benzene rings is 1. The minimum absolute atomic E-state index is 0.142. The maximum atomic E-state index is 11.9. The topological polar surface area (TPSA) is 66.0 Å². The third-order valence-corrected chi connectivity index (χ3v) is 15.8. The number of alkyl carbamates (subject to hydrolysis) is 1. The average Bonchev–Trinajstić information content (AvgIpc) is 2.65. The van der Waals surface area contributed by atoms with Crippen LogP contribution in [-0.2, 0) is 26.8 Å². The van der Waals surface area contributed by atoms with Crippen molar-refractivity contribution >= 4 is 22.7 Å². The van der Waals surface area contributed by atoms with E-state index in [4.69, 9.17) is 18.3 Å². The highest BCUT2D eigenvalue weighted by Gasteiger charge is 2.38. The molecule has 1 aromatic rings. The Kier molecular flexibility index (Phi) is 10.7. The summed E-state index contributed by atoms with van der Waals surface area (Å²) in [5.74, 6) is 0.751. The normalized spacial score (nSPS) is 13.5. The van der Waals surface area contributed by atoms with Crippen LogP contribution >= 0.6 is 0 Å². The van der Waals surface area contributed by atoms with Crippen molar-refractivity contribution in [3.05, 3.63) is 29.3 Å². The maximum Gasteiger partial charge on any atom is 0.407 e. The predicted octanol–water partition coefficient (Wildman–Crippen LogP) is 7.63. The third-order valence-electron chi connectivity index (χ3n) is 6.88. The van der Waals surface area contributed by atoms with E-state index in [0.29, 0.717) is 26.4 Å². The molecule has 202 valence electrons. The number of rotatable bonds is 10. The molecule has 0 fully saturated rings. The molecule has 8 heteroatoms. The smallest absolute Gasteiger partial charge is 0.407 e. The summed E-state index contributed by atoms with van der Waals surface area (Å²) in [4.78, 5) is 11.9. The first-order valence-electron chi connectivity index (χ1n) is 12.6. The maximum absolute atomic E-state index is 11.9. The Labute approximate surface area is 216 Å². The number of nitrogens with one attached hydrogen (secondary N) is 1. The minimum Gasteiger partial charge on any atom is -0.492 e. The Bertz CT molecular complexity index is 785. The minimum atomic E-state index is -1.89. The molecule has 6 nitrogen and oxygen atoms in total. The molecule has 0 unspecified atom stereocenters. The van der Waals surface area contributed by atoms with E-state index < -0.39 is 28.3 Å². The highest BCUT2D eigenvalue weighted by molar-refractivity contribution is 6.74. The second-order valence-electron chi connectivity index (χ2n) is 13.4. The van der Waals surface area contributed by atoms with Crippen molar-refractivity contribution in [3.63, 3.8) is 0 Å². The molecule has 0 heterocycles. The fraction of sp³-hybridized carbons (Fsp3) is 0.741. The summed E-state index contributed by atoms with van der Waals surface area (Å²) in [7, 11) is -3.77. The molecular formula is C27H51NO5Si2. The second kappa shape index (κ2) is 11.8. The molecule has 0 aliphatic heterocycles. The molecule has 0 radical (unpaired) electrons. The third kappa shape index (κ3) is 11.1. The SMILES string of the molecule is CC(C)(C)OC(=O)NCCOc1cc(CO[Si](C)(C)C(C)(C)C)cc(CO[Si](C)(C)C(C)(C)C)c1. The lowest BCUT2D eigenvalue weighted by molar-refractivity contribution is 0.0520. The van der Waals surface area contributed by atoms with Crippen LogP contribution in [0.25, 0.3) is 0 Å². The summed E-state index contributed by atoms with van der Waals surface area (Å²) < 4.78 is 24.2. The Morgan fingerprint density at radius 1 is 0.771 bits per heavy atom. The molecule has 0 spiro atoms.